The van der Waals surface area contributed by atoms with Crippen LogP contribution in [0.25, 0.3) is 9.88 Å². The van der Waals surface area contributed by atoms with E-state index >= 15 is 0 Å². The number of nitrogens with one attached hydrogen (secondary N) is 1. The van der Waals surface area contributed by atoms with Crippen LogP contribution in [0.2, 0.25) is 0 Å². The van der Waals surface area contributed by atoms with E-state index in [9.17, 15) is 9.59 Å². The van der Waals surface area contributed by atoms with Crippen LogP contribution in [0, 0.1) is 6.92 Å². The highest BCUT2D eigenvalue weighted by molar-refractivity contribution is 8.13. The summed E-state index contributed by atoms with van der Waals surface area (Å²) >= 11 is 4.14. The van der Waals surface area contributed by atoms with Gasteiger partial charge in [-0.3, -0.25) is 9.59 Å². The molecule has 2 heterocycles. The highest BCUT2D eigenvalue weighted by Crippen LogP contribution is 2.31. The molecule has 3 aromatic rings. The van der Waals surface area contributed by atoms with E-state index in [-0.39, 0.29) is 11.1 Å². The summed E-state index contributed by atoms with van der Waals surface area (Å²) < 4.78 is 0. The van der Waals surface area contributed by atoms with E-state index in [0.717, 1.165) is 32.2 Å². The van der Waals surface area contributed by atoms with Crippen molar-refractivity contribution in [1.82, 2.24) is 9.88 Å². The number of carbonyl (C=O) groups is 2. The molecule has 2 aromatic heterocycles. The van der Waals surface area contributed by atoms with Gasteiger partial charge in [-0.2, -0.15) is 0 Å². The molecule has 0 radical (unpaired) electrons. The number of hydrogen-bond acceptors (Lipinski definition) is 6. The predicted octanol–water partition coefficient (Wildman–Crippen LogP) is 5.21. The second-order valence-electron chi connectivity index (χ2n) is 5.65. The van der Waals surface area contributed by atoms with Crippen molar-refractivity contribution >= 4 is 51.3 Å². The summed E-state index contributed by atoms with van der Waals surface area (Å²) in [4.78, 5) is 32.8. The monoisotopic (exact) mass is 403 g/mol. The molecule has 0 saturated heterocycles. The topological polar surface area (TPSA) is 62.3 Å². The van der Waals surface area contributed by atoms with Gasteiger partial charge in [0.05, 0.1) is 10.6 Å². The lowest BCUT2D eigenvalue weighted by molar-refractivity contribution is 0.103. The van der Waals surface area contributed by atoms with Gasteiger partial charge in [0.2, 0.25) is 0 Å². The van der Waals surface area contributed by atoms with Crippen molar-refractivity contribution < 1.29 is 9.59 Å². The molecule has 1 aromatic carbocycles. The quantitative estimate of drug-likeness (QED) is 0.608. The lowest BCUT2D eigenvalue weighted by Gasteiger charge is -2.09. The highest BCUT2D eigenvalue weighted by Gasteiger charge is 2.17. The molecular formula is C18H17N3O2S3. The number of benzene rings is 1. The van der Waals surface area contributed by atoms with Gasteiger partial charge in [0.1, 0.15) is 9.88 Å². The Morgan fingerprint density at radius 1 is 1.15 bits per heavy atom. The SMILES string of the molecule is Cc1nc(-c2cccs2)sc1C(=O)Nc1ccc(SC(=O)N(C)C)cc1. The molecule has 2 amide bonds. The van der Waals surface area contributed by atoms with Crippen LogP contribution in [0.5, 0.6) is 0 Å². The second kappa shape index (κ2) is 8.03. The molecule has 0 aliphatic heterocycles. The first kappa shape index (κ1) is 18.6. The lowest BCUT2D eigenvalue weighted by atomic mass is 10.3. The molecule has 3 rings (SSSR count). The molecule has 26 heavy (non-hydrogen) atoms. The van der Waals surface area contributed by atoms with Gasteiger partial charge in [-0.05, 0) is 54.4 Å². The molecule has 0 fully saturated rings. The van der Waals surface area contributed by atoms with E-state index in [1.54, 1.807) is 37.6 Å². The summed E-state index contributed by atoms with van der Waals surface area (Å²) in [5.74, 6) is -0.174. The molecule has 8 heteroatoms. The van der Waals surface area contributed by atoms with Gasteiger partial charge < -0.3 is 10.2 Å². The van der Waals surface area contributed by atoms with Crippen LogP contribution in [0.1, 0.15) is 15.4 Å². The van der Waals surface area contributed by atoms with Crippen LogP contribution in [-0.4, -0.2) is 35.1 Å². The number of carbonyl (C=O) groups excluding carboxylic acids is 2. The van der Waals surface area contributed by atoms with Crippen LogP contribution >= 0.6 is 34.4 Å². The largest absolute Gasteiger partial charge is 0.339 e. The fraction of sp³-hybridized carbons (Fsp3) is 0.167. The Bertz CT molecular complexity index is 916. The number of thioether (sulfide) groups is 1. The van der Waals surface area contributed by atoms with Crippen LogP contribution in [0.3, 0.4) is 0 Å². The fourth-order valence-electron chi connectivity index (χ4n) is 2.10. The Morgan fingerprint density at radius 2 is 1.88 bits per heavy atom. The van der Waals surface area contributed by atoms with Gasteiger partial charge >= 0.3 is 0 Å². The number of thiophene rings is 1. The number of aromatic nitrogens is 1. The summed E-state index contributed by atoms with van der Waals surface area (Å²) in [7, 11) is 3.43. The highest BCUT2D eigenvalue weighted by atomic mass is 32.2. The molecule has 0 aliphatic carbocycles. The number of nitrogens with zero attached hydrogens (tertiary/aromatic N) is 2. The predicted molar refractivity (Wildman–Crippen MR) is 109 cm³/mol. The molecule has 1 N–H and O–H groups in total. The molecule has 5 nitrogen and oxygen atoms in total. The third kappa shape index (κ3) is 4.32. The van der Waals surface area contributed by atoms with Gasteiger partial charge in [0.25, 0.3) is 11.1 Å². The van der Waals surface area contributed by atoms with Gasteiger partial charge in [0, 0.05) is 24.7 Å². The van der Waals surface area contributed by atoms with Crippen LogP contribution < -0.4 is 5.32 Å². The lowest BCUT2D eigenvalue weighted by Crippen LogP contribution is -2.16. The summed E-state index contributed by atoms with van der Waals surface area (Å²) in [6.45, 7) is 1.84. The zero-order valence-corrected chi connectivity index (χ0v) is 16.9. The number of rotatable bonds is 4. The van der Waals surface area contributed by atoms with Gasteiger partial charge in [-0.1, -0.05) is 6.07 Å². The van der Waals surface area contributed by atoms with E-state index in [4.69, 9.17) is 0 Å². The fourth-order valence-corrected chi connectivity index (χ4v) is 4.51. The van der Waals surface area contributed by atoms with Gasteiger partial charge in [-0.15, -0.1) is 22.7 Å². The van der Waals surface area contributed by atoms with E-state index in [2.05, 4.69) is 10.3 Å². The first-order valence-electron chi connectivity index (χ1n) is 7.76. The Balaban J connectivity index is 1.69. The first-order chi connectivity index (χ1) is 12.4. The zero-order chi connectivity index (χ0) is 18.7. The molecule has 134 valence electrons. The van der Waals surface area contributed by atoms with Gasteiger partial charge in [-0.25, -0.2) is 4.98 Å². The average molecular weight is 404 g/mol. The van der Waals surface area contributed by atoms with Crippen LogP contribution in [-0.2, 0) is 0 Å². The Labute approximate surface area is 164 Å². The maximum absolute atomic E-state index is 12.6. The Hall–Kier alpha value is -2.16. The number of amides is 2. The van der Waals surface area contributed by atoms with E-state index in [1.165, 1.54) is 16.2 Å². The van der Waals surface area contributed by atoms with Crippen LogP contribution in [0.15, 0.2) is 46.7 Å². The third-order valence-electron chi connectivity index (χ3n) is 3.42. The maximum atomic E-state index is 12.6. The zero-order valence-electron chi connectivity index (χ0n) is 14.5. The van der Waals surface area contributed by atoms with Crippen molar-refractivity contribution in [2.24, 2.45) is 0 Å². The van der Waals surface area contributed by atoms with Crippen molar-refractivity contribution in [2.45, 2.75) is 11.8 Å². The summed E-state index contributed by atoms with van der Waals surface area (Å²) in [6.07, 6.45) is 0. The maximum Gasteiger partial charge on any atom is 0.285 e. The number of anilines is 1. The summed E-state index contributed by atoms with van der Waals surface area (Å²) in [5.41, 5.74) is 1.40. The van der Waals surface area contributed by atoms with E-state index in [1.807, 2.05) is 36.6 Å². The first-order valence-corrected chi connectivity index (χ1v) is 10.3. The normalized spacial score (nSPS) is 10.6. The molecule has 0 aliphatic rings. The van der Waals surface area contributed by atoms with E-state index < -0.39 is 0 Å². The minimum absolute atomic E-state index is 0.0387. The minimum atomic E-state index is -0.174. The number of hydrogen-bond donors (Lipinski definition) is 1. The third-order valence-corrected chi connectivity index (χ3v) is 6.66. The average Bonchev–Trinajstić information content (AvgIpc) is 3.25. The van der Waals surface area contributed by atoms with E-state index in [0.29, 0.717) is 10.6 Å². The number of aryl methyl sites for hydroxylation is 1. The molecule has 0 unspecified atom stereocenters. The molecule has 0 atom stereocenters. The number of thiazole rings is 1. The molecule has 0 spiro atoms. The van der Waals surface area contributed by atoms with Crippen LogP contribution in [0.4, 0.5) is 10.5 Å². The van der Waals surface area contributed by atoms with Gasteiger partial charge in [0.15, 0.2) is 0 Å². The smallest absolute Gasteiger partial charge is 0.285 e. The summed E-state index contributed by atoms with van der Waals surface area (Å²) in [6, 6.07) is 11.2. The molecule has 0 bridgehead atoms. The van der Waals surface area contributed by atoms with Crippen molar-refractivity contribution in [3.8, 4) is 9.88 Å². The second-order valence-corrected chi connectivity index (χ2v) is 8.62. The van der Waals surface area contributed by atoms with Crippen molar-refractivity contribution in [1.29, 1.82) is 0 Å². The Morgan fingerprint density at radius 3 is 2.50 bits per heavy atom. The minimum Gasteiger partial charge on any atom is -0.339 e. The molecule has 0 saturated carbocycles. The standard InChI is InChI=1S/C18H17N3O2S3/c1-11-15(26-17(19-11)14-5-4-10-24-14)16(22)20-12-6-8-13(9-7-12)25-18(23)21(2)3/h4-10H,1-3H3,(H,20,22). The van der Waals surface area contributed by atoms with Crippen molar-refractivity contribution in [3.05, 3.63) is 52.3 Å². The molecular weight excluding hydrogens is 386 g/mol. The summed E-state index contributed by atoms with van der Waals surface area (Å²) in [5, 5.41) is 5.70. The Kier molecular flexibility index (Phi) is 5.75. The van der Waals surface area contributed by atoms with Crippen molar-refractivity contribution in [2.75, 3.05) is 19.4 Å². The van der Waals surface area contributed by atoms with Crippen molar-refractivity contribution in [3.63, 3.8) is 0 Å².